The second-order valence-corrected chi connectivity index (χ2v) is 1.57. The molecule has 0 saturated carbocycles. The molecule has 0 heterocycles. The Kier molecular flexibility index (Phi) is 5.07. The molecule has 0 aliphatic heterocycles. The second kappa shape index (κ2) is 5.83. The molecule has 0 fully saturated rings. The monoisotopic (exact) mass is 139 g/mol. The van der Waals surface area contributed by atoms with Gasteiger partial charge in [0.1, 0.15) is 6.61 Å². The van der Waals surface area contributed by atoms with Gasteiger partial charge in [0.15, 0.2) is 0 Å². The Balaban J connectivity index is 3.30. The molecule has 3 nitrogen and oxygen atoms in total. The summed E-state index contributed by atoms with van der Waals surface area (Å²) in [5, 5.41) is 8.01. The Bertz CT molecular complexity index is 167. The lowest BCUT2D eigenvalue weighted by molar-refractivity contribution is -0.141. The summed E-state index contributed by atoms with van der Waals surface area (Å²) in [4.78, 5) is 10.4. The van der Waals surface area contributed by atoms with E-state index in [1.807, 2.05) is 0 Å². The van der Waals surface area contributed by atoms with Crippen LogP contribution in [0.1, 0.15) is 13.3 Å². The van der Waals surface area contributed by atoms with Crippen molar-refractivity contribution in [3.8, 4) is 6.07 Å². The van der Waals surface area contributed by atoms with E-state index in [-0.39, 0.29) is 12.6 Å². The number of rotatable bonds is 3. The van der Waals surface area contributed by atoms with Crippen LogP contribution in [-0.4, -0.2) is 12.6 Å². The molecule has 0 saturated heterocycles. The minimum atomic E-state index is -0.248. The highest BCUT2D eigenvalue weighted by molar-refractivity contribution is 5.68. The van der Waals surface area contributed by atoms with E-state index < -0.39 is 0 Å². The molecule has 0 bridgehead atoms. The summed E-state index contributed by atoms with van der Waals surface area (Å²) >= 11 is 0. The Hall–Kier alpha value is -1.30. The number of esters is 1. The van der Waals surface area contributed by atoms with Crippen LogP contribution in [0.2, 0.25) is 0 Å². The molecule has 0 amide bonds. The lowest BCUT2D eigenvalue weighted by atomic mass is 10.5. The number of carbonyl (C=O) groups excluding carboxylic acids is 1. The van der Waals surface area contributed by atoms with Crippen molar-refractivity contribution in [3.05, 3.63) is 12.2 Å². The number of hydrogen-bond acceptors (Lipinski definition) is 3. The standard InChI is InChI=1S/C7H9NO2/c1-2-7(9)10-6-4-3-5-8/h3-4H,2,6H2,1H3. The normalized spacial score (nSPS) is 9.20. The Morgan fingerprint density at radius 3 is 3.00 bits per heavy atom. The van der Waals surface area contributed by atoms with Gasteiger partial charge in [0, 0.05) is 12.5 Å². The van der Waals surface area contributed by atoms with Gasteiger partial charge in [0.25, 0.3) is 0 Å². The highest BCUT2D eigenvalue weighted by atomic mass is 16.5. The lowest BCUT2D eigenvalue weighted by Gasteiger charge is -1.95. The van der Waals surface area contributed by atoms with E-state index >= 15 is 0 Å². The van der Waals surface area contributed by atoms with Crippen molar-refractivity contribution in [3.63, 3.8) is 0 Å². The number of ether oxygens (including phenoxy) is 1. The van der Waals surface area contributed by atoms with Crippen LogP contribution in [0.3, 0.4) is 0 Å². The molecule has 0 radical (unpaired) electrons. The van der Waals surface area contributed by atoms with Gasteiger partial charge in [-0.05, 0) is 6.08 Å². The SMILES string of the molecule is CCC(=O)OCC=CC#N. The van der Waals surface area contributed by atoms with Gasteiger partial charge in [-0.25, -0.2) is 0 Å². The number of hydrogen-bond donors (Lipinski definition) is 0. The fraction of sp³-hybridized carbons (Fsp3) is 0.429. The summed E-state index contributed by atoms with van der Waals surface area (Å²) in [5.74, 6) is -0.248. The zero-order chi connectivity index (χ0) is 7.82. The topological polar surface area (TPSA) is 50.1 Å². The van der Waals surface area contributed by atoms with Crippen molar-refractivity contribution in [2.45, 2.75) is 13.3 Å². The molecule has 3 heteroatoms. The van der Waals surface area contributed by atoms with E-state index in [4.69, 9.17) is 5.26 Å². The second-order valence-electron chi connectivity index (χ2n) is 1.57. The summed E-state index contributed by atoms with van der Waals surface area (Å²) in [6.07, 6.45) is 3.15. The van der Waals surface area contributed by atoms with Crippen LogP contribution in [0, 0.1) is 11.3 Å². The average Bonchev–Trinajstić information content (AvgIpc) is 1.98. The molecule has 0 aliphatic carbocycles. The quantitative estimate of drug-likeness (QED) is 0.433. The van der Waals surface area contributed by atoms with E-state index in [1.54, 1.807) is 13.0 Å². The molecule has 0 aromatic rings. The molecule has 0 aromatic heterocycles. The zero-order valence-electron chi connectivity index (χ0n) is 5.83. The first-order valence-corrected chi connectivity index (χ1v) is 3.01. The molecule has 0 atom stereocenters. The van der Waals surface area contributed by atoms with Crippen molar-refractivity contribution < 1.29 is 9.53 Å². The first-order chi connectivity index (χ1) is 4.81. The minimum Gasteiger partial charge on any atom is -0.461 e. The summed E-state index contributed by atoms with van der Waals surface area (Å²) < 4.78 is 4.62. The number of allylic oxidation sites excluding steroid dienone is 1. The van der Waals surface area contributed by atoms with Gasteiger partial charge in [0.05, 0.1) is 6.07 Å². The summed E-state index contributed by atoms with van der Waals surface area (Å²) in [6, 6.07) is 1.79. The van der Waals surface area contributed by atoms with Gasteiger partial charge in [0.2, 0.25) is 0 Å². The molecule has 0 aliphatic rings. The number of carbonyl (C=O) groups is 1. The van der Waals surface area contributed by atoms with Crippen LogP contribution < -0.4 is 0 Å². The van der Waals surface area contributed by atoms with E-state index in [0.717, 1.165) is 0 Å². The van der Waals surface area contributed by atoms with E-state index in [2.05, 4.69) is 4.74 Å². The first kappa shape index (κ1) is 8.70. The maximum absolute atomic E-state index is 10.4. The van der Waals surface area contributed by atoms with Gasteiger partial charge in [-0.15, -0.1) is 0 Å². The molecular weight excluding hydrogens is 130 g/mol. The third kappa shape index (κ3) is 4.85. The zero-order valence-corrected chi connectivity index (χ0v) is 5.83. The van der Waals surface area contributed by atoms with Crippen LogP contribution in [0.4, 0.5) is 0 Å². The van der Waals surface area contributed by atoms with Crippen molar-refractivity contribution in [1.82, 2.24) is 0 Å². The van der Waals surface area contributed by atoms with E-state index in [9.17, 15) is 4.79 Å². The van der Waals surface area contributed by atoms with Crippen LogP contribution >= 0.6 is 0 Å². The van der Waals surface area contributed by atoms with Gasteiger partial charge < -0.3 is 4.74 Å². The molecule has 0 N–H and O–H groups in total. The third-order valence-corrected chi connectivity index (χ3v) is 0.822. The maximum atomic E-state index is 10.4. The highest BCUT2D eigenvalue weighted by Crippen LogP contribution is 1.83. The number of nitrogens with zero attached hydrogens (tertiary/aromatic N) is 1. The molecule has 0 spiro atoms. The van der Waals surface area contributed by atoms with Crippen LogP contribution in [-0.2, 0) is 9.53 Å². The summed E-state index contributed by atoms with van der Waals surface area (Å²) in [7, 11) is 0. The number of nitriles is 1. The molecule has 0 unspecified atom stereocenters. The Morgan fingerprint density at radius 2 is 2.50 bits per heavy atom. The van der Waals surface area contributed by atoms with Gasteiger partial charge >= 0.3 is 5.97 Å². The molecule has 0 aromatic carbocycles. The molecule has 54 valence electrons. The first-order valence-electron chi connectivity index (χ1n) is 3.01. The summed E-state index contributed by atoms with van der Waals surface area (Å²) in [6.45, 7) is 1.91. The van der Waals surface area contributed by atoms with Gasteiger partial charge in [-0.3, -0.25) is 4.79 Å². The Morgan fingerprint density at radius 1 is 1.80 bits per heavy atom. The average molecular weight is 139 g/mol. The fourth-order valence-corrected chi connectivity index (χ4v) is 0.344. The van der Waals surface area contributed by atoms with Gasteiger partial charge in [-0.1, -0.05) is 6.92 Å². The molecule has 10 heavy (non-hydrogen) atoms. The van der Waals surface area contributed by atoms with Crippen molar-refractivity contribution >= 4 is 5.97 Å². The fourth-order valence-electron chi connectivity index (χ4n) is 0.344. The maximum Gasteiger partial charge on any atom is 0.305 e. The van der Waals surface area contributed by atoms with Crippen molar-refractivity contribution in [2.75, 3.05) is 6.61 Å². The van der Waals surface area contributed by atoms with Crippen LogP contribution in [0.15, 0.2) is 12.2 Å². The Labute approximate surface area is 59.9 Å². The lowest BCUT2D eigenvalue weighted by Crippen LogP contribution is -2.01. The van der Waals surface area contributed by atoms with Crippen molar-refractivity contribution in [1.29, 1.82) is 5.26 Å². The third-order valence-electron chi connectivity index (χ3n) is 0.822. The predicted octanol–water partition coefficient (Wildman–Crippen LogP) is 1.02. The molecule has 0 rings (SSSR count). The molecular formula is C7H9NO2. The van der Waals surface area contributed by atoms with Crippen LogP contribution in [0.25, 0.3) is 0 Å². The van der Waals surface area contributed by atoms with E-state index in [1.165, 1.54) is 12.2 Å². The van der Waals surface area contributed by atoms with Gasteiger partial charge in [-0.2, -0.15) is 5.26 Å². The van der Waals surface area contributed by atoms with Crippen molar-refractivity contribution in [2.24, 2.45) is 0 Å². The van der Waals surface area contributed by atoms with Crippen LogP contribution in [0.5, 0.6) is 0 Å². The largest absolute Gasteiger partial charge is 0.461 e. The predicted molar refractivity (Wildman–Crippen MR) is 36.0 cm³/mol. The minimum absolute atomic E-state index is 0.195. The van der Waals surface area contributed by atoms with E-state index in [0.29, 0.717) is 6.42 Å². The summed E-state index contributed by atoms with van der Waals surface area (Å²) in [5.41, 5.74) is 0. The highest BCUT2D eigenvalue weighted by Gasteiger charge is 1.92. The smallest absolute Gasteiger partial charge is 0.305 e.